The molecule has 0 radical (unpaired) electrons. The van der Waals surface area contributed by atoms with Crippen molar-refractivity contribution in [2.75, 3.05) is 23.3 Å². The van der Waals surface area contributed by atoms with Crippen LogP contribution in [0.25, 0.3) is 0 Å². The number of nitrogens with one attached hydrogen (secondary N) is 1. The molecular weight excluding hydrogens is 386 g/mol. The SMILES string of the molecule is Cc1cc(CSc2ncccc2C(=O)Nc2ccc(N3CCCCC3)nc2)no1. The minimum absolute atomic E-state index is 0.204. The van der Waals surface area contributed by atoms with Crippen LogP contribution in [0.3, 0.4) is 0 Å². The van der Waals surface area contributed by atoms with Gasteiger partial charge in [-0.3, -0.25) is 4.79 Å². The molecule has 7 nitrogen and oxygen atoms in total. The van der Waals surface area contributed by atoms with Crippen molar-refractivity contribution in [3.8, 4) is 0 Å². The van der Waals surface area contributed by atoms with Crippen LogP contribution < -0.4 is 10.2 Å². The standard InChI is InChI=1S/C21H23N5O2S/c1-15-12-17(25-28-15)14-29-21-18(6-5-9-22-21)20(27)24-16-7-8-19(23-13-16)26-10-3-2-4-11-26/h5-9,12-13H,2-4,10-11,14H2,1H3,(H,24,27). The zero-order chi connectivity index (χ0) is 20.1. The lowest BCUT2D eigenvalue weighted by Gasteiger charge is -2.27. The van der Waals surface area contributed by atoms with Crippen LogP contribution in [-0.2, 0) is 5.75 Å². The van der Waals surface area contributed by atoms with E-state index in [1.165, 1.54) is 31.0 Å². The summed E-state index contributed by atoms with van der Waals surface area (Å²) in [4.78, 5) is 24.0. The van der Waals surface area contributed by atoms with E-state index in [-0.39, 0.29) is 5.91 Å². The minimum Gasteiger partial charge on any atom is -0.361 e. The van der Waals surface area contributed by atoms with Crippen molar-refractivity contribution in [3.05, 3.63) is 59.7 Å². The Morgan fingerprint density at radius 1 is 1.21 bits per heavy atom. The molecule has 0 bridgehead atoms. The third-order valence-electron chi connectivity index (χ3n) is 4.74. The quantitative estimate of drug-likeness (QED) is 0.607. The van der Waals surface area contributed by atoms with Crippen molar-refractivity contribution in [3.63, 3.8) is 0 Å². The van der Waals surface area contributed by atoms with Gasteiger partial charge in [0, 0.05) is 31.1 Å². The molecule has 150 valence electrons. The number of nitrogens with zero attached hydrogens (tertiary/aromatic N) is 4. The third-order valence-corrected chi connectivity index (χ3v) is 5.77. The highest BCUT2D eigenvalue weighted by Crippen LogP contribution is 2.25. The highest BCUT2D eigenvalue weighted by molar-refractivity contribution is 7.98. The molecule has 0 unspecified atom stereocenters. The molecular formula is C21H23N5O2S. The summed E-state index contributed by atoms with van der Waals surface area (Å²) in [5.74, 6) is 2.11. The molecule has 0 saturated carbocycles. The first-order valence-electron chi connectivity index (χ1n) is 9.71. The van der Waals surface area contributed by atoms with Gasteiger partial charge in [-0.25, -0.2) is 9.97 Å². The van der Waals surface area contributed by atoms with Gasteiger partial charge in [-0.1, -0.05) is 16.9 Å². The number of hydrogen-bond acceptors (Lipinski definition) is 7. The molecule has 1 aliphatic heterocycles. The molecule has 8 heteroatoms. The molecule has 4 rings (SSSR count). The van der Waals surface area contributed by atoms with Crippen molar-refractivity contribution in [1.82, 2.24) is 15.1 Å². The fourth-order valence-corrected chi connectivity index (χ4v) is 4.15. The lowest BCUT2D eigenvalue weighted by molar-refractivity contribution is 0.102. The Kier molecular flexibility index (Phi) is 6.09. The summed E-state index contributed by atoms with van der Waals surface area (Å²) in [7, 11) is 0. The van der Waals surface area contributed by atoms with E-state index in [1.807, 2.05) is 25.1 Å². The van der Waals surface area contributed by atoms with Crippen molar-refractivity contribution < 1.29 is 9.32 Å². The molecule has 0 aromatic carbocycles. The van der Waals surface area contributed by atoms with Gasteiger partial charge in [0.25, 0.3) is 5.91 Å². The largest absolute Gasteiger partial charge is 0.361 e. The van der Waals surface area contributed by atoms with Crippen LogP contribution in [0.4, 0.5) is 11.5 Å². The van der Waals surface area contributed by atoms with Crippen molar-refractivity contribution in [1.29, 1.82) is 0 Å². The lowest BCUT2D eigenvalue weighted by Crippen LogP contribution is -2.30. The maximum Gasteiger partial charge on any atom is 0.258 e. The van der Waals surface area contributed by atoms with E-state index in [1.54, 1.807) is 24.5 Å². The van der Waals surface area contributed by atoms with Gasteiger partial charge in [-0.2, -0.15) is 0 Å². The maximum atomic E-state index is 12.8. The second kappa shape index (κ2) is 9.09. The van der Waals surface area contributed by atoms with Crippen molar-refractivity contribution in [2.45, 2.75) is 37.0 Å². The fraction of sp³-hybridized carbons (Fsp3) is 0.333. The number of aryl methyl sites for hydroxylation is 1. The predicted octanol–water partition coefficient (Wildman–Crippen LogP) is 4.31. The van der Waals surface area contributed by atoms with Crippen LogP contribution >= 0.6 is 11.8 Å². The predicted molar refractivity (Wildman–Crippen MR) is 113 cm³/mol. The summed E-state index contributed by atoms with van der Waals surface area (Å²) in [6.45, 7) is 3.94. The molecule has 0 atom stereocenters. The van der Waals surface area contributed by atoms with E-state index in [0.717, 1.165) is 30.4 Å². The molecule has 1 aliphatic rings. The van der Waals surface area contributed by atoms with Gasteiger partial charge in [-0.15, -0.1) is 0 Å². The number of pyridine rings is 2. The third kappa shape index (κ3) is 4.95. The fourth-order valence-electron chi connectivity index (χ4n) is 3.28. The van der Waals surface area contributed by atoms with Crippen LogP contribution in [-0.4, -0.2) is 34.1 Å². The first-order valence-corrected chi connectivity index (χ1v) is 10.7. The number of hydrogen-bond donors (Lipinski definition) is 1. The summed E-state index contributed by atoms with van der Waals surface area (Å²) >= 11 is 1.46. The normalized spacial score (nSPS) is 14.0. The van der Waals surface area contributed by atoms with Gasteiger partial charge in [0.2, 0.25) is 0 Å². The monoisotopic (exact) mass is 409 g/mol. The molecule has 0 aliphatic carbocycles. The Morgan fingerprint density at radius 3 is 2.79 bits per heavy atom. The lowest BCUT2D eigenvalue weighted by atomic mass is 10.1. The molecule has 4 heterocycles. The highest BCUT2D eigenvalue weighted by Gasteiger charge is 2.15. The Hall–Kier alpha value is -2.87. The van der Waals surface area contributed by atoms with E-state index in [2.05, 4.69) is 25.3 Å². The number of thioether (sulfide) groups is 1. The van der Waals surface area contributed by atoms with Crippen molar-refractivity contribution >= 4 is 29.2 Å². The zero-order valence-electron chi connectivity index (χ0n) is 16.3. The van der Waals surface area contributed by atoms with Gasteiger partial charge >= 0.3 is 0 Å². The molecule has 29 heavy (non-hydrogen) atoms. The number of amides is 1. The first-order chi connectivity index (χ1) is 14.2. The summed E-state index contributed by atoms with van der Waals surface area (Å²) in [5.41, 5.74) is 2.02. The zero-order valence-corrected chi connectivity index (χ0v) is 17.1. The highest BCUT2D eigenvalue weighted by atomic mass is 32.2. The number of piperidine rings is 1. The van der Waals surface area contributed by atoms with E-state index >= 15 is 0 Å². The van der Waals surface area contributed by atoms with Crippen LogP contribution in [0.2, 0.25) is 0 Å². The molecule has 1 saturated heterocycles. The molecule has 3 aromatic rings. The van der Waals surface area contributed by atoms with Crippen LogP contribution in [0.5, 0.6) is 0 Å². The first kappa shape index (κ1) is 19.4. The Bertz CT molecular complexity index is 967. The Balaban J connectivity index is 1.41. The summed E-state index contributed by atoms with van der Waals surface area (Å²) < 4.78 is 5.09. The summed E-state index contributed by atoms with van der Waals surface area (Å²) in [5, 5.41) is 7.56. The van der Waals surface area contributed by atoms with Crippen molar-refractivity contribution in [2.24, 2.45) is 0 Å². The minimum atomic E-state index is -0.204. The maximum absolute atomic E-state index is 12.8. The van der Waals surface area contributed by atoms with E-state index in [4.69, 9.17) is 4.52 Å². The second-order valence-electron chi connectivity index (χ2n) is 6.98. The second-order valence-corrected chi connectivity index (χ2v) is 7.94. The average Bonchev–Trinajstić information content (AvgIpc) is 3.19. The van der Waals surface area contributed by atoms with Crippen LogP contribution in [0.15, 0.2) is 52.3 Å². The Morgan fingerprint density at radius 2 is 2.07 bits per heavy atom. The number of carbonyl (C=O) groups excluding carboxylic acids is 1. The van der Waals surface area contributed by atoms with Gasteiger partial charge in [0.15, 0.2) is 0 Å². The number of aromatic nitrogens is 3. The van der Waals surface area contributed by atoms with E-state index < -0.39 is 0 Å². The number of anilines is 2. The molecule has 0 spiro atoms. The molecule has 3 aromatic heterocycles. The van der Waals surface area contributed by atoms with Gasteiger partial charge in [0.05, 0.1) is 23.1 Å². The van der Waals surface area contributed by atoms with E-state index in [9.17, 15) is 4.79 Å². The molecule has 1 amide bonds. The average molecular weight is 410 g/mol. The van der Waals surface area contributed by atoms with Gasteiger partial charge in [-0.05, 0) is 50.5 Å². The summed E-state index contributed by atoms with van der Waals surface area (Å²) in [6, 6.07) is 9.28. The van der Waals surface area contributed by atoms with Crippen LogP contribution in [0, 0.1) is 6.92 Å². The summed E-state index contributed by atoms with van der Waals surface area (Å²) in [6.07, 6.45) is 7.09. The number of rotatable bonds is 6. The van der Waals surface area contributed by atoms with E-state index in [0.29, 0.717) is 22.0 Å². The molecule has 1 fully saturated rings. The van der Waals surface area contributed by atoms with Gasteiger partial charge < -0.3 is 14.7 Å². The van der Waals surface area contributed by atoms with Gasteiger partial charge in [0.1, 0.15) is 16.6 Å². The Labute approximate surface area is 173 Å². The number of carbonyl (C=O) groups is 1. The smallest absolute Gasteiger partial charge is 0.258 e. The topological polar surface area (TPSA) is 84.2 Å². The molecule has 1 N–H and O–H groups in total. The van der Waals surface area contributed by atoms with Crippen LogP contribution in [0.1, 0.15) is 41.1 Å².